The van der Waals surface area contributed by atoms with Crippen LogP contribution in [-0.4, -0.2) is 60.9 Å². The molecule has 2 aromatic carbocycles. The summed E-state index contributed by atoms with van der Waals surface area (Å²) in [6.07, 6.45) is 1.58. The van der Waals surface area contributed by atoms with Gasteiger partial charge in [0.05, 0.1) is 23.7 Å². The van der Waals surface area contributed by atoms with Crippen LogP contribution in [0.4, 0.5) is 0 Å². The van der Waals surface area contributed by atoms with Crippen molar-refractivity contribution >= 4 is 29.1 Å². The van der Waals surface area contributed by atoms with Crippen molar-refractivity contribution in [1.82, 2.24) is 9.80 Å². The van der Waals surface area contributed by atoms with Crippen LogP contribution >= 0.6 is 11.6 Å². The first-order chi connectivity index (χ1) is 15.3. The maximum absolute atomic E-state index is 13.1. The van der Waals surface area contributed by atoms with Gasteiger partial charge in [-0.05, 0) is 62.8 Å². The van der Waals surface area contributed by atoms with Crippen LogP contribution in [0, 0.1) is 0 Å². The number of carbonyl (C=O) groups is 2. The number of hydrogen-bond acceptors (Lipinski definition) is 5. The molecule has 1 amide bonds. The molecule has 0 aliphatic carbocycles. The fraction of sp³-hybridized carbons (Fsp3) is 0.360. The summed E-state index contributed by atoms with van der Waals surface area (Å²) in [5.74, 6) is -1.14. The van der Waals surface area contributed by atoms with Gasteiger partial charge in [-0.2, -0.15) is 0 Å². The number of halogens is 1. The monoisotopic (exact) mass is 456 g/mol. The highest BCUT2D eigenvalue weighted by molar-refractivity contribution is 6.47. The first-order valence-corrected chi connectivity index (χ1v) is 11.0. The Balaban J connectivity index is 2.13. The Kier molecular flexibility index (Phi) is 7.59. The number of carbonyl (C=O) groups excluding carboxylic acids is 2. The third-order valence-electron chi connectivity index (χ3n) is 5.68. The van der Waals surface area contributed by atoms with E-state index in [0.29, 0.717) is 18.7 Å². The van der Waals surface area contributed by atoms with E-state index in [1.54, 1.807) is 23.1 Å². The molecule has 1 saturated heterocycles. The molecule has 0 bridgehead atoms. The van der Waals surface area contributed by atoms with Crippen molar-refractivity contribution in [1.29, 1.82) is 0 Å². The Bertz CT molecular complexity index is 1030. The van der Waals surface area contributed by atoms with Gasteiger partial charge in [0.1, 0.15) is 11.5 Å². The lowest BCUT2D eigenvalue weighted by molar-refractivity contribution is -0.139. The minimum Gasteiger partial charge on any atom is -0.507 e. The van der Waals surface area contributed by atoms with Crippen LogP contribution in [0.25, 0.3) is 5.76 Å². The van der Waals surface area contributed by atoms with Gasteiger partial charge in [0.15, 0.2) is 0 Å². The summed E-state index contributed by atoms with van der Waals surface area (Å²) >= 11 is 6.33. The van der Waals surface area contributed by atoms with Gasteiger partial charge in [-0.15, -0.1) is 0 Å². The number of benzene rings is 2. The third-order valence-corrected chi connectivity index (χ3v) is 6.01. The lowest BCUT2D eigenvalue weighted by Gasteiger charge is -2.26. The van der Waals surface area contributed by atoms with Crippen molar-refractivity contribution in [2.45, 2.75) is 25.8 Å². The van der Waals surface area contributed by atoms with Crippen LogP contribution < -0.4 is 4.74 Å². The average molecular weight is 457 g/mol. The first-order valence-electron chi connectivity index (χ1n) is 10.6. The molecule has 6 nitrogen and oxygen atoms in total. The number of methoxy groups -OCH3 is 1. The fourth-order valence-electron chi connectivity index (χ4n) is 3.91. The Hall–Kier alpha value is -2.83. The molecule has 3 rings (SSSR count). The van der Waals surface area contributed by atoms with Crippen LogP contribution in [0.1, 0.15) is 36.1 Å². The molecule has 1 unspecified atom stereocenters. The Morgan fingerprint density at radius 3 is 2.44 bits per heavy atom. The number of ketones is 1. The molecule has 170 valence electrons. The standard InChI is InChI=1S/C25H29ClN2O4/c1-5-16-7-9-17(10-8-16)22-21(23(29)19-15-18(32-4)11-12-20(19)26)24(30)25(31)28(22)14-6-13-27(2)3/h7-12,15,22,29H,5-6,13-14H2,1-4H3/b23-21+. The Labute approximate surface area is 194 Å². The molecule has 0 aromatic heterocycles. The SMILES string of the molecule is CCc1ccc(C2/C(=C(\O)c3cc(OC)ccc3Cl)C(=O)C(=O)N2CCCN(C)C)cc1. The number of amides is 1. The molecule has 0 radical (unpaired) electrons. The zero-order valence-corrected chi connectivity index (χ0v) is 19.6. The molecule has 1 heterocycles. The zero-order valence-electron chi connectivity index (χ0n) is 18.9. The summed E-state index contributed by atoms with van der Waals surface area (Å²) in [5.41, 5.74) is 2.22. The second-order valence-corrected chi connectivity index (χ2v) is 8.50. The van der Waals surface area contributed by atoms with Crippen molar-refractivity contribution in [3.8, 4) is 5.75 Å². The number of ether oxygens (including phenoxy) is 1. The Morgan fingerprint density at radius 1 is 1.16 bits per heavy atom. The summed E-state index contributed by atoms with van der Waals surface area (Å²) in [4.78, 5) is 29.7. The lowest BCUT2D eigenvalue weighted by atomic mass is 9.94. The molecule has 7 heteroatoms. The smallest absolute Gasteiger partial charge is 0.295 e. The number of nitrogens with zero attached hydrogens (tertiary/aromatic N) is 2. The maximum atomic E-state index is 13.1. The van der Waals surface area contributed by atoms with Crippen molar-refractivity contribution in [3.63, 3.8) is 0 Å². The van der Waals surface area contributed by atoms with E-state index in [1.165, 1.54) is 7.11 Å². The van der Waals surface area contributed by atoms with Gasteiger partial charge in [0.2, 0.25) is 0 Å². The predicted octanol–water partition coefficient (Wildman–Crippen LogP) is 4.28. The number of Topliss-reactive ketones (excluding diaryl/α,β-unsaturated/α-hetero) is 1. The molecule has 2 aromatic rings. The zero-order chi connectivity index (χ0) is 23.4. The molecule has 1 atom stereocenters. The van der Waals surface area contributed by atoms with Crippen molar-refractivity contribution in [2.24, 2.45) is 0 Å². The van der Waals surface area contributed by atoms with Crippen LogP contribution in [0.3, 0.4) is 0 Å². The molecular formula is C25H29ClN2O4. The van der Waals surface area contributed by atoms with Crippen LogP contribution in [-0.2, 0) is 16.0 Å². The quantitative estimate of drug-likeness (QED) is 0.364. The van der Waals surface area contributed by atoms with E-state index >= 15 is 0 Å². The highest BCUT2D eigenvalue weighted by Gasteiger charge is 2.46. The summed E-state index contributed by atoms with van der Waals surface area (Å²) in [5, 5.41) is 11.5. The topological polar surface area (TPSA) is 70.1 Å². The molecule has 1 fully saturated rings. The van der Waals surface area contributed by atoms with E-state index in [4.69, 9.17) is 16.3 Å². The van der Waals surface area contributed by atoms with E-state index in [2.05, 4.69) is 6.92 Å². The number of aliphatic hydroxyl groups is 1. The normalized spacial score (nSPS) is 17.9. The minimum atomic E-state index is -0.712. The molecule has 32 heavy (non-hydrogen) atoms. The van der Waals surface area contributed by atoms with Crippen LogP contribution in [0.2, 0.25) is 5.02 Å². The van der Waals surface area contributed by atoms with Crippen molar-refractivity contribution in [2.75, 3.05) is 34.3 Å². The second-order valence-electron chi connectivity index (χ2n) is 8.09. The summed E-state index contributed by atoms with van der Waals surface area (Å²) in [6.45, 7) is 3.23. The molecule has 1 aliphatic heterocycles. The fourth-order valence-corrected chi connectivity index (χ4v) is 4.12. The van der Waals surface area contributed by atoms with E-state index in [1.807, 2.05) is 43.3 Å². The molecule has 0 spiro atoms. The predicted molar refractivity (Wildman–Crippen MR) is 126 cm³/mol. The van der Waals surface area contributed by atoms with Crippen molar-refractivity contribution < 1.29 is 19.4 Å². The lowest BCUT2D eigenvalue weighted by Crippen LogP contribution is -2.32. The number of rotatable bonds is 8. The first kappa shape index (κ1) is 23.8. The van der Waals surface area contributed by atoms with Crippen LogP contribution in [0.5, 0.6) is 5.75 Å². The Morgan fingerprint density at radius 2 is 1.84 bits per heavy atom. The largest absolute Gasteiger partial charge is 0.507 e. The van der Waals surface area contributed by atoms with Gasteiger partial charge >= 0.3 is 0 Å². The van der Waals surface area contributed by atoms with Gasteiger partial charge < -0.3 is 19.6 Å². The third kappa shape index (κ3) is 4.81. The number of aliphatic hydroxyl groups excluding tert-OH is 1. The van der Waals surface area contributed by atoms with Gasteiger partial charge in [-0.25, -0.2) is 0 Å². The van der Waals surface area contributed by atoms with Gasteiger partial charge in [0.25, 0.3) is 11.7 Å². The highest BCUT2D eigenvalue weighted by atomic mass is 35.5. The van der Waals surface area contributed by atoms with E-state index in [-0.39, 0.29) is 21.9 Å². The average Bonchev–Trinajstić information content (AvgIpc) is 3.04. The number of likely N-dealkylation sites (tertiary alicyclic amines) is 1. The summed E-state index contributed by atoms with van der Waals surface area (Å²) in [7, 11) is 5.42. The molecule has 1 N–H and O–H groups in total. The van der Waals surface area contributed by atoms with Crippen LogP contribution in [0.15, 0.2) is 48.0 Å². The second kappa shape index (κ2) is 10.2. The van der Waals surface area contributed by atoms with E-state index < -0.39 is 17.7 Å². The van der Waals surface area contributed by atoms with Crippen molar-refractivity contribution in [3.05, 3.63) is 69.8 Å². The van der Waals surface area contributed by atoms with Gasteiger partial charge in [-0.3, -0.25) is 9.59 Å². The highest BCUT2D eigenvalue weighted by Crippen LogP contribution is 2.41. The van der Waals surface area contributed by atoms with E-state index in [0.717, 1.165) is 24.1 Å². The minimum absolute atomic E-state index is 0.0410. The van der Waals surface area contributed by atoms with Gasteiger partial charge in [0, 0.05) is 12.1 Å². The molecule has 0 saturated carbocycles. The molecular weight excluding hydrogens is 428 g/mol. The van der Waals surface area contributed by atoms with E-state index in [9.17, 15) is 14.7 Å². The molecule has 1 aliphatic rings. The number of aryl methyl sites for hydroxylation is 1. The summed E-state index contributed by atoms with van der Waals surface area (Å²) < 4.78 is 5.24. The summed E-state index contributed by atoms with van der Waals surface area (Å²) in [6, 6.07) is 11.9. The van der Waals surface area contributed by atoms with Gasteiger partial charge in [-0.1, -0.05) is 42.8 Å². The maximum Gasteiger partial charge on any atom is 0.295 e. The number of hydrogen-bond donors (Lipinski definition) is 1.